The van der Waals surface area contributed by atoms with Gasteiger partial charge in [-0.1, -0.05) is 29.2 Å². The average Bonchev–Trinajstić information content (AvgIpc) is 2.45. The van der Waals surface area contributed by atoms with Crippen LogP contribution in [0.15, 0.2) is 12.2 Å². The summed E-state index contributed by atoms with van der Waals surface area (Å²) in [6.45, 7) is 5.38. The molecular formula is C8H10INO3. The number of hydrogen-bond acceptors (Lipinski definition) is 3. The van der Waals surface area contributed by atoms with Crippen molar-refractivity contribution >= 4 is 34.6 Å². The molecule has 5 heteroatoms. The van der Waals surface area contributed by atoms with Crippen molar-refractivity contribution in [3.63, 3.8) is 0 Å². The van der Waals surface area contributed by atoms with E-state index >= 15 is 0 Å². The van der Waals surface area contributed by atoms with E-state index in [0.29, 0.717) is 16.6 Å². The molecule has 0 aliphatic carbocycles. The summed E-state index contributed by atoms with van der Waals surface area (Å²) in [5, 5.41) is 0. The molecule has 0 aromatic carbocycles. The van der Waals surface area contributed by atoms with Crippen LogP contribution in [0, 0.1) is 0 Å². The number of carbonyl (C=O) groups is 2. The molecule has 4 nitrogen and oxygen atoms in total. The summed E-state index contributed by atoms with van der Waals surface area (Å²) in [5.41, 5.74) is 0.355. The topological polar surface area (TPSA) is 46.6 Å². The molecule has 0 N–H and O–H groups in total. The van der Waals surface area contributed by atoms with Gasteiger partial charge in [0.25, 0.3) is 5.91 Å². The summed E-state index contributed by atoms with van der Waals surface area (Å²) in [6, 6.07) is -0.141. The van der Waals surface area contributed by atoms with Crippen molar-refractivity contribution in [2.45, 2.75) is 13.0 Å². The Bertz CT molecular complexity index is 264. The first kappa shape index (κ1) is 10.5. The van der Waals surface area contributed by atoms with Crippen LogP contribution in [0.2, 0.25) is 0 Å². The number of ether oxygens (including phenoxy) is 1. The van der Waals surface area contributed by atoms with E-state index in [2.05, 4.69) is 29.2 Å². The van der Waals surface area contributed by atoms with Crippen LogP contribution in [0.4, 0.5) is 4.79 Å². The van der Waals surface area contributed by atoms with E-state index in [1.165, 1.54) is 0 Å². The maximum Gasteiger partial charge on any atom is 0.417 e. The fourth-order valence-corrected chi connectivity index (χ4v) is 1.68. The number of nitrogens with zero attached hydrogens (tertiary/aromatic N) is 1. The Kier molecular flexibility index (Phi) is 3.29. The quantitative estimate of drug-likeness (QED) is 0.439. The van der Waals surface area contributed by atoms with Crippen molar-refractivity contribution in [1.82, 2.24) is 4.90 Å². The van der Waals surface area contributed by atoms with E-state index in [0.717, 1.165) is 4.90 Å². The Balaban J connectivity index is 2.81. The molecule has 1 saturated heterocycles. The first-order chi connectivity index (χ1) is 6.07. The van der Waals surface area contributed by atoms with Gasteiger partial charge < -0.3 is 4.74 Å². The highest BCUT2D eigenvalue weighted by atomic mass is 127. The Labute approximate surface area is 90.1 Å². The van der Waals surface area contributed by atoms with Crippen molar-refractivity contribution in [1.29, 1.82) is 0 Å². The van der Waals surface area contributed by atoms with E-state index in [-0.39, 0.29) is 11.9 Å². The molecular weight excluding hydrogens is 285 g/mol. The lowest BCUT2D eigenvalue weighted by Crippen LogP contribution is -2.40. The number of imide groups is 1. The number of hydrogen-bond donors (Lipinski definition) is 0. The first-order valence-electron chi connectivity index (χ1n) is 3.79. The number of halogens is 1. The highest BCUT2D eigenvalue weighted by Crippen LogP contribution is 2.16. The molecule has 0 bridgehead atoms. The molecule has 72 valence electrons. The van der Waals surface area contributed by atoms with Crippen LogP contribution in [0.25, 0.3) is 0 Å². The van der Waals surface area contributed by atoms with Crippen molar-refractivity contribution in [3.05, 3.63) is 12.2 Å². The lowest BCUT2D eigenvalue weighted by Gasteiger charge is -2.16. The fourth-order valence-electron chi connectivity index (χ4n) is 1.03. The molecule has 2 amide bonds. The average molecular weight is 295 g/mol. The number of cyclic esters (lactones) is 1. The number of rotatable bonds is 2. The molecule has 1 heterocycles. The molecule has 0 saturated carbocycles. The third kappa shape index (κ3) is 2.01. The molecule has 0 aromatic rings. The highest BCUT2D eigenvalue weighted by Gasteiger charge is 2.37. The second-order valence-corrected chi connectivity index (χ2v) is 3.72. The summed E-state index contributed by atoms with van der Waals surface area (Å²) in [4.78, 5) is 23.7. The van der Waals surface area contributed by atoms with Gasteiger partial charge in [-0.05, 0) is 6.92 Å². The third-order valence-electron chi connectivity index (χ3n) is 1.72. The van der Waals surface area contributed by atoms with Gasteiger partial charge in [0, 0.05) is 10.0 Å². The Hall–Kier alpha value is -0.590. The van der Waals surface area contributed by atoms with Gasteiger partial charge in [0.1, 0.15) is 6.61 Å². The molecule has 1 aliphatic heterocycles. The molecule has 1 atom stereocenters. The predicted molar refractivity (Wildman–Crippen MR) is 55.7 cm³/mol. The van der Waals surface area contributed by atoms with Crippen LogP contribution in [-0.2, 0) is 9.53 Å². The third-order valence-corrected chi connectivity index (χ3v) is 2.74. The van der Waals surface area contributed by atoms with Crippen molar-refractivity contribution in [3.8, 4) is 0 Å². The molecule has 1 aliphatic rings. The molecule has 0 radical (unpaired) electrons. The zero-order valence-electron chi connectivity index (χ0n) is 7.25. The van der Waals surface area contributed by atoms with Gasteiger partial charge in [0.2, 0.25) is 0 Å². The standard InChI is InChI=1S/C8H10INO3/c1-5(2)7(11)10-6(3-9)4-13-8(10)12/h6H,1,3-4H2,2H3/t6-/m1/s1. The van der Waals surface area contributed by atoms with Gasteiger partial charge in [0.15, 0.2) is 0 Å². The normalized spacial score (nSPS) is 21.5. The number of amides is 2. The van der Waals surface area contributed by atoms with Crippen LogP contribution in [-0.4, -0.2) is 34.0 Å². The minimum Gasteiger partial charge on any atom is -0.447 e. The van der Waals surface area contributed by atoms with Gasteiger partial charge in [-0.25, -0.2) is 9.69 Å². The minimum absolute atomic E-state index is 0.141. The van der Waals surface area contributed by atoms with Gasteiger partial charge in [0.05, 0.1) is 6.04 Å². The van der Waals surface area contributed by atoms with Gasteiger partial charge >= 0.3 is 6.09 Å². The van der Waals surface area contributed by atoms with Gasteiger partial charge in [-0.2, -0.15) is 0 Å². The van der Waals surface area contributed by atoms with Crippen molar-refractivity contribution < 1.29 is 14.3 Å². The summed E-state index contributed by atoms with van der Waals surface area (Å²) >= 11 is 2.12. The summed E-state index contributed by atoms with van der Waals surface area (Å²) < 4.78 is 5.44. The first-order valence-corrected chi connectivity index (χ1v) is 5.32. The maximum absolute atomic E-state index is 11.4. The van der Waals surface area contributed by atoms with Gasteiger partial charge in [-0.3, -0.25) is 4.79 Å². The second kappa shape index (κ2) is 4.08. The second-order valence-electron chi connectivity index (χ2n) is 2.84. The fraction of sp³-hybridized carbons (Fsp3) is 0.500. The largest absolute Gasteiger partial charge is 0.447 e. The number of alkyl halides is 1. The van der Waals surface area contributed by atoms with Crippen LogP contribution in [0.1, 0.15) is 6.92 Å². The van der Waals surface area contributed by atoms with E-state index in [1.807, 2.05) is 0 Å². The summed E-state index contributed by atoms with van der Waals surface area (Å²) in [7, 11) is 0. The van der Waals surface area contributed by atoms with E-state index in [1.54, 1.807) is 6.92 Å². The van der Waals surface area contributed by atoms with Crippen molar-refractivity contribution in [2.24, 2.45) is 0 Å². The van der Waals surface area contributed by atoms with E-state index in [4.69, 9.17) is 4.74 Å². The van der Waals surface area contributed by atoms with Gasteiger partial charge in [-0.15, -0.1) is 0 Å². The summed E-state index contributed by atoms with van der Waals surface area (Å²) in [6.07, 6.45) is -0.560. The lowest BCUT2D eigenvalue weighted by molar-refractivity contribution is -0.124. The molecule has 1 rings (SSSR count). The molecule has 0 unspecified atom stereocenters. The number of carbonyl (C=O) groups excluding carboxylic acids is 2. The molecule has 0 spiro atoms. The van der Waals surface area contributed by atoms with E-state index < -0.39 is 6.09 Å². The van der Waals surface area contributed by atoms with Crippen LogP contribution >= 0.6 is 22.6 Å². The summed E-state index contributed by atoms with van der Waals surface area (Å²) in [5.74, 6) is -0.343. The molecule has 0 aromatic heterocycles. The zero-order chi connectivity index (χ0) is 10.0. The van der Waals surface area contributed by atoms with Crippen LogP contribution in [0.5, 0.6) is 0 Å². The highest BCUT2D eigenvalue weighted by molar-refractivity contribution is 14.1. The Morgan fingerprint density at radius 3 is 2.92 bits per heavy atom. The molecule has 1 fully saturated rings. The smallest absolute Gasteiger partial charge is 0.417 e. The monoisotopic (exact) mass is 295 g/mol. The Morgan fingerprint density at radius 1 is 1.85 bits per heavy atom. The van der Waals surface area contributed by atoms with Crippen LogP contribution < -0.4 is 0 Å². The van der Waals surface area contributed by atoms with Crippen molar-refractivity contribution in [2.75, 3.05) is 11.0 Å². The van der Waals surface area contributed by atoms with E-state index in [9.17, 15) is 9.59 Å². The predicted octanol–water partition coefficient (Wildman–Crippen LogP) is 1.34. The minimum atomic E-state index is -0.560. The Morgan fingerprint density at radius 2 is 2.46 bits per heavy atom. The molecule has 13 heavy (non-hydrogen) atoms. The maximum atomic E-state index is 11.4. The SMILES string of the molecule is C=C(C)C(=O)N1C(=O)OC[C@H]1CI. The van der Waals surface area contributed by atoms with Crippen LogP contribution in [0.3, 0.4) is 0 Å². The zero-order valence-corrected chi connectivity index (χ0v) is 9.41. The lowest BCUT2D eigenvalue weighted by atomic mass is 10.2.